The van der Waals surface area contributed by atoms with Crippen molar-refractivity contribution < 1.29 is 4.74 Å². The molecule has 1 atom stereocenters. The zero-order chi connectivity index (χ0) is 6.53. The van der Waals surface area contributed by atoms with Crippen molar-refractivity contribution in [3.8, 4) is 0 Å². The number of unbranched alkanes of at least 4 members (excludes halogenated alkanes) is 3. The minimum Gasteiger partial charge on any atom is -0.373 e. The maximum Gasteiger partial charge on any atom is 0.0810 e. The first-order chi connectivity index (χ1) is 4.43. The molecule has 1 aliphatic heterocycles. The van der Waals surface area contributed by atoms with E-state index in [9.17, 15) is 0 Å². The van der Waals surface area contributed by atoms with E-state index in [-0.39, 0.29) is 0 Å². The van der Waals surface area contributed by atoms with E-state index in [1.54, 1.807) is 0 Å². The van der Waals surface area contributed by atoms with E-state index in [0.717, 1.165) is 6.61 Å². The summed E-state index contributed by atoms with van der Waals surface area (Å²) in [5, 5.41) is 0. The third-order valence-electron chi connectivity index (χ3n) is 1.78. The third kappa shape index (κ3) is 3.52. The van der Waals surface area contributed by atoms with Crippen LogP contribution in [0.5, 0.6) is 0 Å². The molecule has 0 bridgehead atoms. The Morgan fingerprint density at radius 1 is 1.33 bits per heavy atom. The largest absolute Gasteiger partial charge is 0.373 e. The Kier molecular flexibility index (Phi) is 3.05. The molecule has 0 spiro atoms. The van der Waals surface area contributed by atoms with Crippen molar-refractivity contribution in [3.63, 3.8) is 0 Å². The van der Waals surface area contributed by atoms with Crippen molar-refractivity contribution in [2.75, 3.05) is 6.61 Å². The molecule has 1 fully saturated rings. The predicted molar refractivity (Wildman–Crippen MR) is 38.5 cm³/mol. The fourth-order valence-electron chi connectivity index (χ4n) is 1.03. The van der Waals surface area contributed by atoms with Crippen molar-refractivity contribution in [1.29, 1.82) is 0 Å². The van der Waals surface area contributed by atoms with Crippen molar-refractivity contribution in [3.05, 3.63) is 0 Å². The summed E-state index contributed by atoms with van der Waals surface area (Å²) in [6.07, 6.45) is 7.47. The zero-order valence-corrected chi connectivity index (χ0v) is 6.23. The Morgan fingerprint density at radius 2 is 2.11 bits per heavy atom. The minimum atomic E-state index is 0.654. The first-order valence-corrected chi connectivity index (χ1v) is 4.05. The van der Waals surface area contributed by atoms with Gasteiger partial charge in [-0.15, -0.1) is 0 Å². The van der Waals surface area contributed by atoms with Gasteiger partial charge in [0, 0.05) is 0 Å². The first kappa shape index (κ1) is 7.07. The van der Waals surface area contributed by atoms with E-state index >= 15 is 0 Å². The summed E-state index contributed by atoms with van der Waals surface area (Å²) >= 11 is 0. The standard InChI is InChI=1S/C8H16O/c1-2-3-4-5-6-8-7-9-8/h8H,2-7H2,1H3. The summed E-state index contributed by atoms with van der Waals surface area (Å²) in [6, 6.07) is 0. The Labute approximate surface area is 57.4 Å². The molecule has 9 heavy (non-hydrogen) atoms. The maximum atomic E-state index is 5.09. The second kappa shape index (κ2) is 3.89. The number of hydrogen-bond acceptors (Lipinski definition) is 1. The quantitative estimate of drug-likeness (QED) is 0.409. The molecule has 0 saturated carbocycles. The van der Waals surface area contributed by atoms with Crippen molar-refractivity contribution >= 4 is 0 Å². The highest BCUT2D eigenvalue weighted by Gasteiger charge is 2.20. The Morgan fingerprint density at radius 3 is 2.67 bits per heavy atom. The van der Waals surface area contributed by atoms with Crippen molar-refractivity contribution in [1.82, 2.24) is 0 Å². The lowest BCUT2D eigenvalue weighted by atomic mass is 10.1. The highest BCUT2D eigenvalue weighted by molar-refractivity contribution is 4.67. The van der Waals surface area contributed by atoms with Gasteiger partial charge in [-0.1, -0.05) is 32.6 Å². The van der Waals surface area contributed by atoms with Crippen LogP contribution in [0.15, 0.2) is 0 Å². The number of hydrogen-bond donors (Lipinski definition) is 0. The van der Waals surface area contributed by atoms with Crippen molar-refractivity contribution in [2.45, 2.75) is 45.1 Å². The van der Waals surface area contributed by atoms with Crippen LogP contribution in [0.3, 0.4) is 0 Å². The molecule has 0 aromatic heterocycles. The highest BCUT2D eigenvalue weighted by atomic mass is 16.6. The van der Waals surface area contributed by atoms with Crippen LogP contribution in [-0.2, 0) is 4.74 Å². The Bertz CT molecular complexity index is 67.0. The second-order valence-corrected chi connectivity index (χ2v) is 2.80. The SMILES string of the molecule is CCCCCCC1CO1. The van der Waals surface area contributed by atoms with Gasteiger partial charge in [0.25, 0.3) is 0 Å². The maximum absolute atomic E-state index is 5.09. The number of ether oxygens (including phenoxy) is 1. The fraction of sp³-hybridized carbons (Fsp3) is 1.00. The van der Waals surface area contributed by atoms with Crippen molar-refractivity contribution in [2.24, 2.45) is 0 Å². The lowest BCUT2D eigenvalue weighted by molar-refractivity contribution is 0.388. The molecule has 1 saturated heterocycles. The van der Waals surface area contributed by atoms with Crippen LogP contribution in [0.2, 0.25) is 0 Å². The predicted octanol–water partition coefficient (Wildman–Crippen LogP) is 2.36. The van der Waals surface area contributed by atoms with E-state index < -0.39 is 0 Å². The van der Waals surface area contributed by atoms with E-state index in [1.165, 1.54) is 32.1 Å². The smallest absolute Gasteiger partial charge is 0.0810 e. The van der Waals surface area contributed by atoms with Gasteiger partial charge in [0.1, 0.15) is 0 Å². The lowest BCUT2D eigenvalue weighted by Crippen LogP contribution is -1.84. The fourth-order valence-corrected chi connectivity index (χ4v) is 1.03. The Hall–Kier alpha value is -0.0400. The van der Waals surface area contributed by atoms with Gasteiger partial charge in [-0.05, 0) is 6.42 Å². The zero-order valence-electron chi connectivity index (χ0n) is 6.23. The summed E-state index contributed by atoms with van der Waals surface area (Å²) < 4.78 is 5.09. The topological polar surface area (TPSA) is 12.5 Å². The molecule has 0 radical (unpaired) electrons. The summed E-state index contributed by atoms with van der Waals surface area (Å²) in [5.74, 6) is 0. The molecule has 54 valence electrons. The molecule has 1 heteroatoms. The molecule has 1 rings (SSSR count). The van der Waals surface area contributed by atoms with Crippen LogP contribution >= 0.6 is 0 Å². The molecular weight excluding hydrogens is 112 g/mol. The van der Waals surface area contributed by atoms with Crippen LogP contribution in [0.1, 0.15) is 39.0 Å². The molecule has 0 aliphatic carbocycles. The molecule has 0 aromatic rings. The molecule has 1 heterocycles. The van der Waals surface area contributed by atoms with E-state index in [0.29, 0.717) is 6.10 Å². The minimum absolute atomic E-state index is 0.654. The third-order valence-corrected chi connectivity index (χ3v) is 1.78. The highest BCUT2D eigenvalue weighted by Crippen LogP contribution is 2.17. The summed E-state index contributed by atoms with van der Waals surface area (Å²) in [6.45, 7) is 3.28. The van der Waals surface area contributed by atoms with E-state index in [2.05, 4.69) is 6.92 Å². The molecule has 0 aromatic carbocycles. The Balaban J connectivity index is 1.71. The van der Waals surface area contributed by atoms with E-state index in [4.69, 9.17) is 4.74 Å². The van der Waals surface area contributed by atoms with Gasteiger partial charge in [0.2, 0.25) is 0 Å². The molecule has 1 nitrogen and oxygen atoms in total. The summed E-state index contributed by atoms with van der Waals surface area (Å²) in [4.78, 5) is 0. The monoisotopic (exact) mass is 128 g/mol. The molecule has 0 amide bonds. The average molecular weight is 128 g/mol. The summed E-state index contributed by atoms with van der Waals surface area (Å²) in [7, 11) is 0. The van der Waals surface area contributed by atoms with Gasteiger partial charge in [-0.2, -0.15) is 0 Å². The van der Waals surface area contributed by atoms with Gasteiger partial charge in [-0.25, -0.2) is 0 Å². The molecule has 1 unspecified atom stereocenters. The summed E-state index contributed by atoms with van der Waals surface area (Å²) in [5.41, 5.74) is 0. The van der Waals surface area contributed by atoms with Crippen LogP contribution in [0.25, 0.3) is 0 Å². The second-order valence-electron chi connectivity index (χ2n) is 2.80. The van der Waals surface area contributed by atoms with Gasteiger partial charge in [0.05, 0.1) is 12.7 Å². The first-order valence-electron chi connectivity index (χ1n) is 4.05. The van der Waals surface area contributed by atoms with Crippen LogP contribution < -0.4 is 0 Å². The van der Waals surface area contributed by atoms with Gasteiger partial charge in [-0.3, -0.25) is 0 Å². The van der Waals surface area contributed by atoms with Crippen LogP contribution in [0, 0.1) is 0 Å². The molecule has 1 aliphatic rings. The lowest BCUT2D eigenvalue weighted by Gasteiger charge is -1.93. The van der Waals surface area contributed by atoms with E-state index in [1.807, 2.05) is 0 Å². The van der Waals surface area contributed by atoms with Gasteiger partial charge < -0.3 is 4.74 Å². The van der Waals surface area contributed by atoms with Gasteiger partial charge in [0.15, 0.2) is 0 Å². The normalized spacial score (nSPS) is 24.3. The number of epoxide rings is 1. The molecular formula is C8H16O. The van der Waals surface area contributed by atoms with Gasteiger partial charge >= 0.3 is 0 Å². The molecule has 0 N–H and O–H groups in total. The average Bonchev–Trinajstić information content (AvgIpc) is 2.63. The van der Waals surface area contributed by atoms with Crippen LogP contribution in [-0.4, -0.2) is 12.7 Å². The number of rotatable bonds is 5. The van der Waals surface area contributed by atoms with Crippen LogP contribution in [0.4, 0.5) is 0 Å².